The molecule has 0 bridgehead atoms. The van der Waals surface area contributed by atoms with E-state index < -0.39 is 0 Å². The summed E-state index contributed by atoms with van der Waals surface area (Å²) in [6.07, 6.45) is 2.57. The number of nitrogens with two attached hydrogens (primary N) is 1. The van der Waals surface area contributed by atoms with Crippen LogP contribution in [0.4, 0.5) is 5.69 Å². The predicted molar refractivity (Wildman–Crippen MR) is 90.3 cm³/mol. The van der Waals surface area contributed by atoms with Gasteiger partial charge in [0.25, 0.3) is 0 Å². The molecule has 2 aromatic carbocycles. The Hall–Kier alpha value is -2.13. The Morgan fingerprint density at radius 3 is 2.73 bits per heavy atom. The van der Waals surface area contributed by atoms with Gasteiger partial charge in [0.2, 0.25) is 0 Å². The molecule has 22 heavy (non-hydrogen) atoms. The molecule has 1 heterocycles. The minimum Gasteiger partial charge on any atom is -0.371 e. The van der Waals surface area contributed by atoms with Crippen molar-refractivity contribution in [2.24, 2.45) is 5.73 Å². The summed E-state index contributed by atoms with van der Waals surface area (Å²) in [7, 11) is 0. The van der Waals surface area contributed by atoms with Crippen LogP contribution in [0.5, 0.6) is 0 Å². The predicted octanol–water partition coefficient (Wildman–Crippen LogP) is 3.17. The van der Waals surface area contributed by atoms with Crippen molar-refractivity contribution in [1.29, 1.82) is 0 Å². The van der Waals surface area contributed by atoms with E-state index in [-0.39, 0.29) is 5.78 Å². The maximum absolute atomic E-state index is 12.4. The van der Waals surface area contributed by atoms with Crippen molar-refractivity contribution < 1.29 is 4.79 Å². The van der Waals surface area contributed by atoms with E-state index in [9.17, 15) is 4.79 Å². The van der Waals surface area contributed by atoms with E-state index in [1.165, 1.54) is 11.3 Å². The number of Topliss-reactive ketones (excluding diaryl/α,β-unsaturated/α-hetero) is 1. The van der Waals surface area contributed by atoms with E-state index in [0.717, 1.165) is 37.1 Å². The minimum atomic E-state index is 0.202. The van der Waals surface area contributed by atoms with Gasteiger partial charge in [-0.2, -0.15) is 0 Å². The minimum absolute atomic E-state index is 0.202. The van der Waals surface area contributed by atoms with Gasteiger partial charge >= 0.3 is 0 Å². The SMILES string of the molecule is NCc1ccccc1C(=O)CCCN1CCc2ccccc21. The summed E-state index contributed by atoms with van der Waals surface area (Å²) in [6.45, 7) is 2.42. The van der Waals surface area contributed by atoms with Gasteiger partial charge in [-0.15, -0.1) is 0 Å². The van der Waals surface area contributed by atoms with Gasteiger partial charge in [0, 0.05) is 37.3 Å². The first-order valence-electron chi connectivity index (χ1n) is 7.93. The number of benzene rings is 2. The highest BCUT2D eigenvalue weighted by Gasteiger charge is 2.18. The number of rotatable bonds is 6. The van der Waals surface area contributed by atoms with Crippen molar-refractivity contribution in [3.8, 4) is 0 Å². The Morgan fingerprint density at radius 2 is 1.86 bits per heavy atom. The van der Waals surface area contributed by atoms with Crippen LogP contribution < -0.4 is 10.6 Å². The van der Waals surface area contributed by atoms with E-state index in [1.807, 2.05) is 24.3 Å². The van der Waals surface area contributed by atoms with Crippen molar-refractivity contribution in [2.75, 3.05) is 18.0 Å². The van der Waals surface area contributed by atoms with Crippen LogP contribution >= 0.6 is 0 Å². The van der Waals surface area contributed by atoms with Gasteiger partial charge < -0.3 is 10.6 Å². The summed E-state index contributed by atoms with van der Waals surface area (Å²) >= 11 is 0. The molecule has 2 N–H and O–H groups in total. The zero-order valence-corrected chi connectivity index (χ0v) is 12.8. The van der Waals surface area contributed by atoms with Crippen LogP contribution in [-0.2, 0) is 13.0 Å². The molecule has 3 heteroatoms. The number of hydrogen-bond acceptors (Lipinski definition) is 3. The fraction of sp³-hybridized carbons (Fsp3) is 0.316. The second kappa shape index (κ2) is 6.75. The van der Waals surface area contributed by atoms with Crippen LogP contribution in [0.2, 0.25) is 0 Å². The number of ketones is 1. The summed E-state index contributed by atoms with van der Waals surface area (Å²) in [4.78, 5) is 14.8. The summed E-state index contributed by atoms with van der Waals surface area (Å²) in [6, 6.07) is 16.2. The average molecular weight is 294 g/mol. The lowest BCUT2D eigenvalue weighted by Gasteiger charge is -2.19. The van der Waals surface area contributed by atoms with Crippen LogP contribution in [0.25, 0.3) is 0 Å². The number of fused-ring (bicyclic) bond motifs is 1. The topological polar surface area (TPSA) is 46.3 Å². The Morgan fingerprint density at radius 1 is 1.09 bits per heavy atom. The van der Waals surface area contributed by atoms with Crippen LogP contribution in [0.3, 0.4) is 0 Å². The molecular formula is C19H22N2O. The molecule has 0 fully saturated rings. The molecule has 0 amide bonds. The zero-order chi connectivity index (χ0) is 15.4. The Bertz CT molecular complexity index is 666. The first-order chi connectivity index (χ1) is 10.8. The van der Waals surface area contributed by atoms with E-state index >= 15 is 0 Å². The summed E-state index contributed by atoms with van der Waals surface area (Å²) in [5.41, 5.74) is 10.2. The molecule has 2 aromatic rings. The van der Waals surface area contributed by atoms with E-state index in [1.54, 1.807) is 0 Å². The number of anilines is 1. The fourth-order valence-electron chi connectivity index (χ4n) is 3.17. The van der Waals surface area contributed by atoms with E-state index in [4.69, 9.17) is 5.73 Å². The van der Waals surface area contributed by atoms with Gasteiger partial charge in [0.05, 0.1) is 0 Å². The Balaban J connectivity index is 1.57. The molecule has 0 saturated carbocycles. The third-order valence-corrected chi connectivity index (χ3v) is 4.35. The normalized spacial score (nSPS) is 13.2. The molecule has 1 aliphatic heterocycles. The lowest BCUT2D eigenvalue weighted by atomic mass is 10.0. The number of hydrogen-bond donors (Lipinski definition) is 1. The lowest BCUT2D eigenvalue weighted by molar-refractivity contribution is 0.0980. The molecule has 0 radical (unpaired) electrons. The smallest absolute Gasteiger partial charge is 0.163 e. The number of para-hydroxylation sites is 1. The maximum Gasteiger partial charge on any atom is 0.163 e. The first-order valence-corrected chi connectivity index (χ1v) is 7.93. The molecular weight excluding hydrogens is 272 g/mol. The summed E-state index contributed by atoms with van der Waals surface area (Å²) < 4.78 is 0. The van der Waals surface area contributed by atoms with E-state index in [0.29, 0.717) is 13.0 Å². The number of carbonyl (C=O) groups excluding carboxylic acids is 1. The van der Waals surface area contributed by atoms with Crippen molar-refractivity contribution >= 4 is 11.5 Å². The molecule has 0 atom stereocenters. The molecule has 114 valence electrons. The zero-order valence-electron chi connectivity index (χ0n) is 12.8. The van der Waals surface area contributed by atoms with Gasteiger partial charge in [0.1, 0.15) is 0 Å². The standard InChI is InChI=1S/C19H22N2O/c20-14-16-7-1-3-8-17(16)19(22)10-5-12-21-13-11-15-6-2-4-9-18(15)21/h1-4,6-9H,5,10-14,20H2. The van der Waals surface area contributed by atoms with Crippen molar-refractivity contribution in [3.05, 3.63) is 65.2 Å². The molecule has 0 unspecified atom stereocenters. The largest absolute Gasteiger partial charge is 0.371 e. The fourth-order valence-corrected chi connectivity index (χ4v) is 3.17. The Labute approximate surface area is 131 Å². The second-order valence-electron chi connectivity index (χ2n) is 5.75. The van der Waals surface area contributed by atoms with E-state index in [2.05, 4.69) is 29.2 Å². The van der Waals surface area contributed by atoms with Crippen molar-refractivity contribution in [1.82, 2.24) is 0 Å². The number of carbonyl (C=O) groups is 1. The van der Waals surface area contributed by atoms with Crippen LogP contribution in [0, 0.1) is 0 Å². The molecule has 0 aromatic heterocycles. The third-order valence-electron chi connectivity index (χ3n) is 4.35. The van der Waals surface area contributed by atoms with Gasteiger partial charge in [-0.05, 0) is 30.0 Å². The van der Waals surface area contributed by atoms with Crippen LogP contribution in [0.1, 0.15) is 34.3 Å². The van der Waals surface area contributed by atoms with Gasteiger partial charge in [-0.3, -0.25) is 4.79 Å². The molecule has 0 aliphatic carbocycles. The molecule has 1 aliphatic rings. The lowest BCUT2D eigenvalue weighted by Crippen LogP contribution is -2.22. The monoisotopic (exact) mass is 294 g/mol. The summed E-state index contributed by atoms with van der Waals surface area (Å²) in [5, 5.41) is 0. The molecule has 0 saturated heterocycles. The maximum atomic E-state index is 12.4. The number of nitrogens with zero attached hydrogens (tertiary/aromatic N) is 1. The second-order valence-corrected chi connectivity index (χ2v) is 5.75. The highest BCUT2D eigenvalue weighted by atomic mass is 16.1. The highest BCUT2D eigenvalue weighted by Crippen LogP contribution is 2.27. The van der Waals surface area contributed by atoms with Gasteiger partial charge in [-0.1, -0.05) is 42.5 Å². The third kappa shape index (κ3) is 3.04. The molecule has 0 spiro atoms. The molecule has 3 rings (SSSR count). The van der Waals surface area contributed by atoms with Crippen molar-refractivity contribution in [3.63, 3.8) is 0 Å². The van der Waals surface area contributed by atoms with Crippen LogP contribution in [0.15, 0.2) is 48.5 Å². The van der Waals surface area contributed by atoms with Crippen LogP contribution in [-0.4, -0.2) is 18.9 Å². The first kappa shape index (κ1) is 14.8. The van der Waals surface area contributed by atoms with Gasteiger partial charge in [0.15, 0.2) is 5.78 Å². The molecule has 3 nitrogen and oxygen atoms in total. The van der Waals surface area contributed by atoms with Gasteiger partial charge in [-0.25, -0.2) is 0 Å². The summed E-state index contributed by atoms with van der Waals surface area (Å²) in [5.74, 6) is 0.202. The average Bonchev–Trinajstić information content (AvgIpc) is 2.98. The quantitative estimate of drug-likeness (QED) is 0.832. The Kier molecular flexibility index (Phi) is 4.54. The van der Waals surface area contributed by atoms with Crippen molar-refractivity contribution in [2.45, 2.75) is 25.8 Å². The highest BCUT2D eigenvalue weighted by molar-refractivity contribution is 5.97.